The fourth-order valence-corrected chi connectivity index (χ4v) is 2.46. The number of alkyl halides is 3. The van der Waals surface area contributed by atoms with Crippen molar-refractivity contribution < 1.29 is 22.8 Å². The predicted octanol–water partition coefficient (Wildman–Crippen LogP) is 3.14. The summed E-state index contributed by atoms with van der Waals surface area (Å²) < 4.78 is 38.4. The number of hydrogen-bond donors (Lipinski definition) is 1. The van der Waals surface area contributed by atoms with Gasteiger partial charge in [-0.1, -0.05) is 31.1 Å². The van der Waals surface area contributed by atoms with E-state index in [1.54, 1.807) is 6.07 Å². The molecule has 1 amide bonds. The lowest BCUT2D eigenvalue weighted by Crippen LogP contribution is -2.44. The normalized spacial score (nSPS) is 19.4. The molecule has 2 rings (SSSR count). The van der Waals surface area contributed by atoms with Crippen LogP contribution in [0.1, 0.15) is 37.8 Å². The van der Waals surface area contributed by atoms with E-state index in [-0.39, 0.29) is 18.4 Å². The monoisotopic (exact) mass is 357 g/mol. The summed E-state index contributed by atoms with van der Waals surface area (Å²) in [6.07, 6.45) is -3.97. The summed E-state index contributed by atoms with van der Waals surface area (Å²) in [5, 5.41) is 3.78. The quantitative estimate of drug-likeness (QED) is 0.500. The number of nitrogens with zero attached hydrogens (tertiary/aromatic N) is 2. The Morgan fingerprint density at radius 3 is 2.80 bits per heavy atom. The van der Waals surface area contributed by atoms with Crippen LogP contribution < -0.4 is 5.73 Å². The van der Waals surface area contributed by atoms with Crippen LogP contribution in [0.5, 0.6) is 0 Å². The van der Waals surface area contributed by atoms with Gasteiger partial charge in [0.1, 0.15) is 5.84 Å². The summed E-state index contributed by atoms with van der Waals surface area (Å²) in [7, 11) is 0. The molecule has 0 aromatic heterocycles. The van der Waals surface area contributed by atoms with Crippen LogP contribution in [0.2, 0.25) is 0 Å². The summed E-state index contributed by atoms with van der Waals surface area (Å²) >= 11 is 0. The second-order valence-corrected chi connectivity index (χ2v) is 6.37. The number of nitrogens with two attached hydrogens (primary N) is 1. The molecule has 0 spiro atoms. The van der Waals surface area contributed by atoms with Crippen molar-refractivity contribution >= 4 is 11.7 Å². The summed E-state index contributed by atoms with van der Waals surface area (Å²) in [6.45, 7) is 4.28. The van der Waals surface area contributed by atoms with Crippen LogP contribution in [0.25, 0.3) is 0 Å². The summed E-state index contributed by atoms with van der Waals surface area (Å²) in [5.74, 6) is 0.00618. The van der Waals surface area contributed by atoms with E-state index in [1.807, 2.05) is 13.8 Å². The first-order valence-electron chi connectivity index (χ1n) is 8.12. The number of halogens is 3. The van der Waals surface area contributed by atoms with Gasteiger partial charge in [0.15, 0.2) is 0 Å². The summed E-state index contributed by atoms with van der Waals surface area (Å²) in [4.78, 5) is 19.2. The van der Waals surface area contributed by atoms with Gasteiger partial charge in [-0.05, 0) is 30.5 Å². The van der Waals surface area contributed by atoms with Crippen molar-refractivity contribution in [2.45, 2.75) is 45.5 Å². The molecule has 25 heavy (non-hydrogen) atoms. The molecule has 1 aliphatic heterocycles. The number of hydrogen-bond acceptors (Lipinski definition) is 3. The molecule has 2 N–H and O–H groups in total. The zero-order valence-electron chi connectivity index (χ0n) is 14.2. The van der Waals surface area contributed by atoms with Gasteiger partial charge < -0.3 is 15.5 Å². The zero-order chi connectivity index (χ0) is 18.6. The van der Waals surface area contributed by atoms with Crippen molar-refractivity contribution in [2.24, 2.45) is 16.8 Å². The number of amides is 1. The minimum atomic E-state index is -4.41. The summed E-state index contributed by atoms with van der Waals surface area (Å²) in [5.41, 5.74) is 5.39. The van der Waals surface area contributed by atoms with Gasteiger partial charge in [0.25, 0.3) is 5.91 Å². The highest BCUT2D eigenvalue weighted by atomic mass is 19.4. The number of benzene rings is 1. The molecule has 1 heterocycles. The lowest BCUT2D eigenvalue weighted by Gasteiger charge is -2.31. The molecule has 0 saturated carbocycles. The molecule has 0 aliphatic carbocycles. The second kappa shape index (κ2) is 7.76. The SMILES string of the molecule is CC(C)C(N)=NOC1CCCN(Cc2cccc(C(F)(F)F)c2)C1=O. The number of amidine groups is 1. The molecule has 138 valence electrons. The minimum Gasteiger partial charge on any atom is -0.384 e. The highest BCUT2D eigenvalue weighted by molar-refractivity contribution is 5.83. The van der Waals surface area contributed by atoms with Crippen LogP contribution in [0.4, 0.5) is 13.2 Å². The fraction of sp³-hybridized carbons (Fsp3) is 0.529. The molecule has 1 aliphatic rings. The molecular formula is C17H22F3N3O2. The van der Waals surface area contributed by atoms with Crippen LogP contribution in [0, 0.1) is 5.92 Å². The Labute approximate surface area is 144 Å². The Morgan fingerprint density at radius 1 is 1.44 bits per heavy atom. The van der Waals surface area contributed by atoms with Crippen LogP contribution in [-0.4, -0.2) is 29.3 Å². The first-order valence-corrected chi connectivity index (χ1v) is 8.12. The number of oxime groups is 1. The first-order chi connectivity index (χ1) is 11.7. The van der Waals surface area contributed by atoms with Crippen molar-refractivity contribution in [2.75, 3.05) is 6.54 Å². The van der Waals surface area contributed by atoms with Crippen LogP contribution in [0.15, 0.2) is 29.4 Å². The van der Waals surface area contributed by atoms with Gasteiger partial charge in [-0.3, -0.25) is 4.79 Å². The molecule has 5 nitrogen and oxygen atoms in total. The predicted molar refractivity (Wildman–Crippen MR) is 87.4 cm³/mol. The Bertz CT molecular complexity index is 644. The topological polar surface area (TPSA) is 67.9 Å². The number of carbonyl (C=O) groups excluding carboxylic acids is 1. The van der Waals surface area contributed by atoms with Crippen LogP contribution >= 0.6 is 0 Å². The molecule has 1 atom stereocenters. The third-order valence-electron chi connectivity index (χ3n) is 3.99. The lowest BCUT2D eigenvalue weighted by molar-refractivity contribution is -0.148. The lowest BCUT2D eigenvalue weighted by atomic mass is 10.1. The maximum absolute atomic E-state index is 12.8. The van der Waals surface area contributed by atoms with E-state index in [0.29, 0.717) is 30.8 Å². The maximum Gasteiger partial charge on any atom is 0.416 e. The van der Waals surface area contributed by atoms with Crippen molar-refractivity contribution in [3.05, 3.63) is 35.4 Å². The van der Waals surface area contributed by atoms with Crippen molar-refractivity contribution in [3.8, 4) is 0 Å². The average Bonchev–Trinajstić information content (AvgIpc) is 2.54. The molecule has 1 fully saturated rings. The van der Waals surface area contributed by atoms with Gasteiger partial charge in [0, 0.05) is 19.0 Å². The Balaban J connectivity index is 2.05. The molecule has 0 bridgehead atoms. The van der Waals surface area contributed by atoms with Gasteiger partial charge in [-0.15, -0.1) is 0 Å². The second-order valence-electron chi connectivity index (χ2n) is 6.37. The van der Waals surface area contributed by atoms with Crippen molar-refractivity contribution in [1.82, 2.24) is 4.90 Å². The Morgan fingerprint density at radius 2 is 2.16 bits per heavy atom. The minimum absolute atomic E-state index is 0.0000889. The molecule has 1 saturated heterocycles. The highest BCUT2D eigenvalue weighted by Crippen LogP contribution is 2.30. The summed E-state index contributed by atoms with van der Waals surface area (Å²) in [6, 6.07) is 4.99. The number of carbonyl (C=O) groups is 1. The largest absolute Gasteiger partial charge is 0.416 e. The van der Waals surface area contributed by atoms with E-state index in [9.17, 15) is 18.0 Å². The van der Waals surface area contributed by atoms with E-state index in [4.69, 9.17) is 10.6 Å². The van der Waals surface area contributed by atoms with E-state index in [1.165, 1.54) is 11.0 Å². The standard InChI is InChI=1S/C17H22F3N3O2/c1-11(2)15(21)22-25-14-7-4-8-23(16(14)24)10-12-5-3-6-13(9-12)17(18,19)20/h3,5-6,9,11,14H,4,7-8,10H2,1-2H3,(H2,21,22). The number of likely N-dealkylation sites (tertiary alicyclic amines) is 1. The van der Waals surface area contributed by atoms with Gasteiger partial charge in [0.05, 0.1) is 5.56 Å². The van der Waals surface area contributed by atoms with Crippen molar-refractivity contribution in [1.29, 1.82) is 0 Å². The number of rotatable bonds is 5. The van der Waals surface area contributed by atoms with E-state index < -0.39 is 17.8 Å². The molecular weight excluding hydrogens is 335 g/mol. The Hall–Kier alpha value is -2.25. The van der Waals surface area contributed by atoms with Crippen LogP contribution in [-0.2, 0) is 22.4 Å². The average molecular weight is 357 g/mol. The third kappa shape index (κ3) is 5.11. The maximum atomic E-state index is 12.8. The Kier molecular flexibility index (Phi) is 5.92. The van der Waals surface area contributed by atoms with E-state index in [0.717, 1.165) is 12.1 Å². The third-order valence-corrected chi connectivity index (χ3v) is 3.99. The van der Waals surface area contributed by atoms with Gasteiger partial charge >= 0.3 is 6.18 Å². The highest BCUT2D eigenvalue weighted by Gasteiger charge is 2.32. The van der Waals surface area contributed by atoms with E-state index in [2.05, 4.69) is 5.16 Å². The molecule has 1 aromatic carbocycles. The smallest absolute Gasteiger partial charge is 0.384 e. The molecule has 1 unspecified atom stereocenters. The van der Waals surface area contributed by atoms with Gasteiger partial charge in [-0.2, -0.15) is 13.2 Å². The van der Waals surface area contributed by atoms with E-state index >= 15 is 0 Å². The van der Waals surface area contributed by atoms with Gasteiger partial charge in [0.2, 0.25) is 6.10 Å². The van der Waals surface area contributed by atoms with Crippen molar-refractivity contribution in [3.63, 3.8) is 0 Å². The molecule has 8 heteroatoms. The molecule has 0 radical (unpaired) electrons. The molecule has 1 aromatic rings. The zero-order valence-corrected chi connectivity index (χ0v) is 14.2. The van der Waals surface area contributed by atoms with Crippen LogP contribution in [0.3, 0.4) is 0 Å². The van der Waals surface area contributed by atoms with Gasteiger partial charge in [-0.25, -0.2) is 0 Å². The fourth-order valence-electron chi connectivity index (χ4n) is 2.46. The first kappa shape index (κ1) is 19.1. The number of piperidine rings is 1.